The zero-order valence-corrected chi connectivity index (χ0v) is 14.9. The number of amides is 1. The normalized spacial score (nSPS) is 16.6. The maximum Gasteiger partial charge on any atom is 0.233 e. The number of nitrogens with zero attached hydrogens (tertiary/aromatic N) is 1. The van der Waals surface area contributed by atoms with Gasteiger partial charge in [-0.15, -0.1) is 23.7 Å². The number of halogens is 1. The molecule has 1 aliphatic rings. The number of likely N-dealkylation sites (tertiary alicyclic amines) is 1. The van der Waals surface area contributed by atoms with E-state index >= 15 is 0 Å². The topological polar surface area (TPSA) is 32.3 Å². The summed E-state index contributed by atoms with van der Waals surface area (Å²) in [6.45, 7) is 10.2. The van der Waals surface area contributed by atoms with E-state index in [1.807, 2.05) is 25.3 Å². The second-order valence-corrected chi connectivity index (χ2v) is 7.09. The van der Waals surface area contributed by atoms with Crippen LogP contribution in [0.3, 0.4) is 0 Å². The molecule has 1 aromatic heterocycles. The highest BCUT2D eigenvalue weighted by atomic mass is 35.5. The van der Waals surface area contributed by atoms with E-state index in [9.17, 15) is 4.79 Å². The minimum absolute atomic E-state index is 0. The Labute approximate surface area is 138 Å². The van der Waals surface area contributed by atoms with Crippen LogP contribution in [0, 0.1) is 5.92 Å². The molecule has 0 spiro atoms. The third-order valence-electron chi connectivity index (χ3n) is 4.26. The van der Waals surface area contributed by atoms with E-state index < -0.39 is 0 Å². The quantitative estimate of drug-likeness (QED) is 0.898. The fraction of sp³-hybridized carbons (Fsp3) is 0.688. The molecule has 120 valence electrons. The Morgan fingerprint density at radius 2 is 2.10 bits per heavy atom. The number of thiophene rings is 1. The van der Waals surface area contributed by atoms with Crippen molar-refractivity contribution < 1.29 is 4.79 Å². The van der Waals surface area contributed by atoms with Gasteiger partial charge in [0.15, 0.2) is 0 Å². The second-order valence-electron chi connectivity index (χ2n) is 6.15. The molecule has 1 amide bonds. The fourth-order valence-corrected chi connectivity index (χ4v) is 3.67. The Morgan fingerprint density at radius 1 is 1.43 bits per heavy atom. The minimum atomic E-state index is -0.386. The molecule has 0 aromatic carbocycles. The van der Waals surface area contributed by atoms with Crippen LogP contribution in [-0.2, 0) is 10.2 Å². The van der Waals surface area contributed by atoms with Crippen LogP contribution in [0.4, 0.5) is 0 Å². The molecular weight excluding hydrogens is 304 g/mol. The lowest BCUT2D eigenvalue weighted by atomic mass is 9.87. The molecule has 21 heavy (non-hydrogen) atoms. The third kappa shape index (κ3) is 4.44. The van der Waals surface area contributed by atoms with Gasteiger partial charge in [0.25, 0.3) is 0 Å². The molecule has 1 saturated heterocycles. The average Bonchev–Trinajstić information content (AvgIpc) is 3.00. The van der Waals surface area contributed by atoms with Crippen LogP contribution < -0.4 is 5.32 Å². The molecule has 0 atom stereocenters. The van der Waals surface area contributed by atoms with E-state index in [1.54, 1.807) is 11.3 Å². The predicted molar refractivity (Wildman–Crippen MR) is 92.4 cm³/mol. The Bertz CT molecular complexity index is 425. The summed E-state index contributed by atoms with van der Waals surface area (Å²) in [5, 5.41) is 5.46. The molecule has 5 heteroatoms. The lowest BCUT2D eigenvalue weighted by Gasteiger charge is -2.36. The van der Waals surface area contributed by atoms with Gasteiger partial charge in [-0.1, -0.05) is 13.0 Å². The van der Waals surface area contributed by atoms with Crippen molar-refractivity contribution in [1.29, 1.82) is 0 Å². The number of hydrogen-bond donors (Lipinski definition) is 1. The number of piperidine rings is 1. The molecule has 1 aromatic rings. The third-order valence-corrected chi connectivity index (χ3v) is 5.45. The molecular formula is C16H27ClN2OS. The van der Waals surface area contributed by atoms with Crippen molar-refractivity contribution in [1.82, 2.24) is 10.2 Å². The van der Waals surface area contributed by atoms with Crippen LogP contribution in [0.25, 0.3) is 0 Å². The molecule has 0 unspecified atom stereocenters. The number of carbonyl (C=O) groups excluding carboxylic acids is 1. The van der Waals surface area contributed by atoms with Crippen molar-refractivity contribution in [3.05, 3.63) is 22.4 Å². The van der Waals surface area contributed by atoms with Gasteiger partial charge in [0.05, 0.1) is 5.41 Å². The molecule has 3 nitrogen and oxygen atoms in total. The summed E-state index contributed by atoms with van der Waals surface area (Å²) < 4.78 is 0. The first-order valence-corrected chi connectivity index (χ1v) is 8.47. The molecule has 1 fully saturated rings. The van der Waals surface area contributed by atoms with Gasteiger partial charge >= 0.3 is 0 Å². The van der Waals surface area contributed by atoms with Crippen LogP contribution >= 0.6 is 23.7 Å². The highest BCUT2D eigenvalue weighted by Gasteiger charge is 2.36. The molecule has 2 heterocycles. The maximum absolute atomic E-state index is 12.8. The molecule has 0 radical (unpaired) electrons. The first-order chi connectivity index (χ1) is 9.55. The number of carbonyl (C=O) groups is 1. The minimum Gasteiger partial charge on any atom is -0.342 e. The predicted octanol–water partition coefficient (Wildman–Crippen LogP) is 3.30. The largest absolute Gasteiger partial charge is 0.342 e. The zero-order chi connectivity index (χ0) is 14.6. The van der Waals surface area contributed by atoms with E-state index in [0.29, 0.717) is 0 Å². The summed E-state index contributed by atoms with van der Waals surface area (Å²) in [4.78, 5) is 16.0. The Kier molecular flexibility index (Phi) is 7.17. The van der Waals surface area contributed by atoms with Gasteiger partial charge in [-0.2, -0.15) is 0 Å². The van der Waals surface area contributed by atoms with Gasteiger partial charge in [-0.3, -0.25) is 4.79 Å². The highest BCUT2D eigenvalue weighted by molar-refractivity contribution is 7.10. The Morgan fingerprint density at radius 3 is 2.62 bits per heavy atom. The summed E-state index contributed by atoms with van der Waals surface area (Å²) in [7, 11) is 0. The first kappa shape index (κ1) is 18.5. The van der Waals surface area contributed by atoms with Gasteiger partial charge in [-0.25, -0.2) is 0 Å². The van der Waals surface area contributed by atoms with Crippen molar-refractivity contribution in [2.45, 2.75) is 39.0 Å². The van der Waals surface area contributed by atoms with Crippen molar-refractivity contribution in [2.24, 2.45) is 5.92 Å². The van der Waals surface area contributed by atoms with E-state index in [4.69, 9.17) is 0 Å². The molecule has 0 aliphatic carbocycles. The summed E-state index contributed by atoms with van der Waals surface area (Å²) in [6, 6.07) is 4.10. The van der Waals surface area contributed by atoms with Gasteiger partial charge in [0.1, 0.15) is 0 Å². The monoisotopic (exact) mass is 330 g/mol. The van der Waals surface area contributed by atoms with Crippen molar-refractivity contribution >= 4 is 29.7 Å². The SMILES string of the molecule is CCNCC1CCN(C(=O)C(C)(C)c2cccs2)CC1.Cl. The lowest BCUT2D eigenvalue weighted by Crippen LogP contribution is -2.47. The number of nitrogens with one attached hydrogen (secondary N) is 1. The molecule has 0 saturated carbocycles. The van der Waals surface area contributed by atoms with Crippen LogP contribution in [0.5, 0.6) is 0 Å². The van der Waals surface area contributed by atoms with Crippen LogP contribution in [0.2, 0.25) is 0 Å². The van der Waals surface area contributed by atoms with Gasteiger partial charge in [0.2, 0.25) is 5.91 Å². The molecule has 1 aliphatic heterocycles. The Hall–Kier alpha value is -0.580. The second kappa shape index (κ2) is 8.16. The van der Waals surface area contributed by atoms with Crippen molar-refractivity contribution in [3.63, 3.8) is 0 Å². The van der Waals surface area contributed by atoms with Crippen LogP contribution in [0.1, 0.15) is 38.5 Å². The van der Waals surface area contributed by atoms with Gasteiger partial charge < -0.3 is 10.2 Å². The number of hydrogen-bond acceptors (Lipinski definition) is 3. The van der Waals surface area contributed by atoms with E-state index in [-0.39, 0.29) is 23.7 Å². The van der Waals surface area contributed by atoms with E-state index in [0.717, 1.165) is 49.8 Å². The lowest BCUT2D eigenvalue weighted by molar-refractivity contribution is -0.137. The van der Waals surface area contributed by atoms with Gasteiger partial charge in [-0.05, 0) is 57.1 Å². The molecule has 0 bridgehead atoms. The standard InChI is InChI=1S/C16H26N2OS.ClH/c1-4-17-12-13-7-9-18(10-8-13)15(19)16(2,3)14-6-5-11-20-14;/h5-6,11,13,17H,4,7-10,12H2,1-3H3;1H. The van der Waals surface area contributed by atoms with E-state index in [1.165, 1.54) is 0 Å². The van der Waals surface area contributed by atoms with Crippen molar-refractivity contribution in [3.8, 4) is 0 Å². The molecule has 2 rings (SSSR count). The first-order valence-electron chi connectivity index (χ1n) is 7.59. The highest BCUT2D eigenvalue weighted by Crippen LogP contribution is 2.31. The summed E-state index contributed by atoms with van der Waals surface area (Å²) in [5.41, 5.74) is -0.386. The Balaban J connectivity index is 0.00000220. The fourth-order valence-electron chi connectivity index (χ4n) is 2.82. The summed E-state index contributed by atoms with van der Waals surface area (Å²) in [5.74, 6) is 1.01. The van der Waals surface area contributed by atoms with E-state index in [2.05, 4.69) is 23.2 Å². The summed E-state index contributed by atoms with van der Waals surface area (Å²) >= 11 is 1.68. The maximum atomic E-state index is 12.8. The van der Waals surface area contributed by atoms with Crippen LogP contribution in [0.15, 0.2) is 17.5 Å². The smallest absolute Gasteiger partial charge is 0.233 e. The van der Waals surface area contributed by atoms with Crippen LogP contribution in [-0.4, -0.2) is 37.0 Å². The zero-order valence-electron chi connectivity index (χ0n) is 13.2. The number of rotatable bonds is 5. The molecule has 1 N–H and O–H groups in total. The van der Waals surface area contributed by atoms with Gasteiger partial charge in [0, 0.05) is 18.0 Å². The summed E-state index contributed by atoms with van der Waals surface area (Å²) in [6.07, 6.45) is 2.25. The average molecular weight is 331 g/mol. The van der Waals surface area contributed by atoms with Crippen molar-refractivity contribution in [2.75, 3.05) is 26.2 Å².